The molecular formula is C14H19BrN2O3. The zero-order chi connectivity index (χ0) is 15.0. The Kier molecular flexibility index (Phi) is 7.43. The molecule has 1 aromatic carbocycles. The fourth-order valence-electron chi connectivity index (χ4n) is 1.70. The molecule has 0 saturated carbocycles. The van der Waals surface area contributed by atoms with Crippen molar-refractivity contribution in [2.75, 3.05) is 26.8 Å². The lowest BCUT2D eigenvalue weighted by atomic mass is 10.1. The molecule has 1 rings (SSSR count). The Morgan fingerprint density at radius 3 is 2.90 bits per heavy atom. The summed E-state index contributed by atoms with van der Waals surface area (Å²) in [4.78, 5) is 10.5. The van der Waals surface area contributed by atoms with E-state index in [-0.39, 0.29) is 10.6 Å². The summed E-state index contributed by atoms with van der Waals surface area (Å²) < 4.78 is 5.46. The molecule has 0 bridgehead atoms. The van der Waals surface area contributed by atoms with E-state index in [4.69, 9.17) is 4.74 Å². The van der Waals surface area contributed by atoms with Crippen LogP contribution >= 0.6 is 15.9 Å². The first-order valence-electron chi connectivity index (χ1n) is 6.41. The summed E-state index contributed by atoms with van der Waals surface area (Å²) in [6.07, 6.45) is 2.88. The van der Waals surface area contributed by atoms with E-state index >= 15 is 0 Å². The van der Waals surface area contributed by atoms with Crippen LogP contribution in [0.15, 0.2) is 28.2 Å². The highest BCUT2D eigenvalue weighted by molar-refractivity contribution is 9.10. The van der Waals surface area contributed by atoms with Gasteiger partial charge in [0.1, 0.15) is 0 Å². The minimum atomic E-state index is -0.385. The minimum absolute atomic E-state index is 0.0848. The topological polar surface area (TPSA) is 64.4 Å². The third-order valence-electron chi connectivity index (χ3n) is 2.83. The van der Waals surface area contributed by atoms with Crippen molar-refractivity contribution in [2.45, 2.75) is 13.3 Å². The van der Waals surface area contributed by atoms with Crippen molar-refractivity contribution in [3.05, 3.63) is 43.9 Å². The highest BCUT2D eigenvalue weighted by atomic mass is 79.9. The summed E-state index contributed by atoms with van der Waals surface area (Å²) in [6.45, 7) is 4.27. The first kappa shape index (κ1) is 16.8. The Morgan fingerprint density at radius 2 is 2.30 bits per heavy atom. The van der Waals surface area contributed by atoms with Crippen LogP contribution < -0.4 is 5.32 Å². The molecule has 1 N–H and O–H groups in total. The van der Waals surface area contributed by atoms with Crippen molar-refractivity contribution >= 4 is 27.7 Å². The molecule has 0 amide bonds. The van der Waals surface area contributed by atoms with Crippen molar-refractivity contribution in [3.8, 4) is 0 Å². The van der Waals surface area contributed by atoms with Gasteiger partial charge in [-0.15, -0.1) is 0 Å². The van der Waals surface area contributed by atoms with Gasteiger partial charge in [-0.1, -0.05) is 24.6 Å². The standard InChI is InChI=1S/C14H19BrN2O3/c1-3-11(10-16-6-7-20-2)8-12-4-5-13(15)14(9-12)17(18)19/h4-5,8-9,16H,3,6-7,10H2,1-2H3. The van der Waals surface area contributed by atoms with Crippen LogP contribution in [0.4, 0.5) is 5.69 Å². The second-order valence-electron chi connectivity index (χ2n) is 4.29. The lowest BCUT2D eigenvalue weighted by molar-refractivity contribution is -0.385. The molecule has 0 spiro atoms. The van der Waals surface area contributed by atoms with Gasteiger partial charge in [0.2, 0.25) is 0 Å². The molecule has 0 heterocycles. The van der Waals surface area contributed by atoms with Gasteiger partial charge in [-0.2, -0.15) is 0 Å². The van der Waals surface area contributed by atoms with Crippen LogP contribution in [0.25, 0.3) is 6.08 Å². The first-order chi connectivity index (χ1) is 9.58. The maximum atomic E-state index is 10.9. The molecular weight excluding hydrogens is 324 g/mol. The number of ether oxygens (including phenoxy) is 1. The maximum Gasteiger partial charge on any atom is 0.284 e. The highest BCUT2D eigenvalue weighted by Crippen LogP contribution is 2.26. The van der Waals surface area contributed by atoms with Crippen LogP contribution in [-0.4, -0.2) is 31.7 Å². The van der Waals surface area contributed by atoms with Crippen LogP contribution in [-0.2, 0) is 4.74 Å². The molecule has 0 radical (unpaired) electrons. The van der Waals surface area contributed by atoms with E-state index in [9.17, 15) is 10.1 Å². The number of rotatable bonds is 8. The molecule has 5 nitrogen and oxygen atoms in total. The Labute approximate surface area is 127 Å². The quantitative estimate of drug-likeness (QED) is 0.446. The predicted octanol–water partition coefficient (Wildman–Crippen LogP) is 3.39. The molecule has 0 aliphatic rings. The normalized spacial score (nSPS) is 11.7. The molecule has 0 aliphatic heterocycles. The highest BCUT2D eigenvalue weighted by Gasteiger charge is 2.11. The number of benzene rings is 1. The van der Waals surface area contributed by atoms with Crippen LogP contribution in [0.2, 0.25) is 0 Å². The minimum Gasteiger partial charge on any atom is -0.383 e. The molecule has 6 heteroatoms. The molecule has 20 heavy (non-hydrogen) atoms. The van der Waals surface area contributed by atoms with Gasteiger partial charge in [0.15, 0.2) is 0 Å². The summed E-state index contributed by atoms with van der Waals surface area (Å²) in [7, 11) is 1.67. The van der Waals surface area contributed by atoms with Crippen LogP contribution in [0.5, 0.6) is 0 Å². The van der Waals surface area contributed by atoms with Crippen LogP contribution in [0.1, 0.15) is 18.9 Å². The van der Waals surface area contributed by atoms with E-state index in [0.717, 1.165) is 25.1 Å². The average Bonchev–Trinajstić information content (AvgIpc) is 2.43. The number of nitrogens with zero attached hydrogens (tertiary/aromatic N) is 1. The maximum absolute atomic E-state index is 10.9. The van der Waals surface area contributed by atoms with Crippen molar-refractivity contribution in [2.24, 2.45) is 0 Å². The van der Waals surface area contributed by atoms with Crippen LogP contribution in [0, 0.1) is 10.1 Å². The number of nitro groups is 1. The van der Waals surface area contributed by atoms with Gasteiger partial charge in [-0.3, -0.25) is 10.1 Å². The fraction of sp³-hybridized carbons (Fsp3) is 0.429. The van der Waals surface area contributed by atoms with Gasteiger partial charge in [0, 0.05) is 26.3 Å². The van der Waals surface area contributed by atoms with Gasteiger partial charge < -0.3 is 10.1 Å². The molecule has 0 unspecified atom stereocenters. The number of methoxy groups -OCH3 is 1. The molecule has 0 fully saturated rings. The number of nitro benzene ring substituents is 1. The van der Waals surface area contributed by atoms with Gasteiger partial charge >= 0.3 is 0 Å². The second kappa shape index (κ2) is 8.84. The SMILES string of the molecule is CCC(=Cc1ccc(Br)c([N+](=O)[O-])c1)CNCCOC. The van der Waals surface area contributed by atoms with Gasteiger partial charge in [-0.25, -0.2) is 0 Å². The largest absolute Gasteiger partial charge is 0.383 e. The first-order valence-corrected chi connectivity index (χ1v) is 7.20. The zero-order valence-corrected chi connectivity index (χ0v) is 13.3. The monoisotopic (exact) mass is 342 g/mol. The Morgan fingerprint density at radius 1 is 1.55 bits per heavy atom. The lowest BCUT2D eigenvalue weighted by Crippen LogP contribution is -2.21. The Balaban J connectivity index is 2.79. The van der Waals surface area contributed by atoms with E-state index in [1.807, 2.05) is 12.1 Å². The zero-order valence-electron chi connectivity index (χ0n) is 11.7. The Bertz CT molecular complexity index is 489. The number of hydrogen-bond acceptors (Lipinski definition) is 4. The van der Waals surface area contributed by atoms with E-state index in [1.54, 1.807) is 19.2 Å². The third kappa shape index (κ3) is 5.40. The van der Waals surface area contributed by atoms with Gasteiger partial charge in [0.25, 0.3) is 5.69 Å². The van der Waals surface area contributed by atoms with Crippen molar-refractivity contribution < 1.29 is 9.66 Å². The third-order valence-corrected chi connectivity index (χ3v) is 3.50. The summed E-state index contributed by atoms with van der Waals surface area (Å²) in [6, 6.07) is 5.15. The number of halogens is 1. The van der Waals surface area contributed by atoms with Crippen LogP contribution in [0.3, 0.4) is 0 Å². The molecule has 0 aliphatic carbocycles. The smallest absolute Gasteiger partial charge is 0.284 e. The second-order valence-corrected chi connectivity index (χ2v) is 5.15. The summed E-state index contributed by atoms with van der Waals surface area (Å²) in [5.74, 6) is 0. The molecule has 110 valence electrons. The molecule has 0 atom stereocenters. The number of nitrogens with one attached hydrogen (secondary N) is 1. The predicted molar refractivity (Wildman–Crippen MR) is 83.8 cm³/mol. The van der Waals surface area contributed by atoms with E-state index in [0.29, 0.717) is 11.1 Å². The van der Waals surface area contributed by atoms with E-state index in [1.165, 1.54) is 5.57 Å². The summed E-state index contributed by atoms with van der Waals surface area (Å²) in [5, 5.41) is 14.2. The number of hydrogen-bond donors (Lipinski definition) is 1. The Hall–Kier alpha value is -1.24. The van der Waals surface area contributed by atoms with Crippen molar-refractivity contribution in [1.29, 1.82) is 0 Å². The average molecular weight is 343 g/mol. The molecule has 0 saturated heterocycles. The van der Waals surface area contributed by atoms with E-state index < -0.39 is 0 Å². The van der Waals surface area contributed by atoms with E-state index in [2.05, 4.69) is 28.2 Å². The fourth-order valence-corrected chi connectivity index (χ4v) is 2.09. The van der Waals surface area contributed by atoms with Crippen molar-refractivity contribution in [3.63, 3.8) is 0 Å². The van der Waals surface area contributed by atoms with Gasteiger partial charge in [-0.05, 0) is 34.0 Å². The molecule has 0 aromatic heterocycles. The summed E-state index contributed by atoms with van der Waals surface area (Å²) >= 11 is 3.18. The van der Waals surface area contributed by atoms with Gasteiger partial charge in [0.05, 0.1) is 16.0 Å². The molecule has 1 aromatic rings. The summed E-state index contributed by atoms with van der Waals surface area (Å²) in [5.41, 5.74) is 2.12. The van der Waals surface area contributed by atoms with Crippen molar-refractivity contribution in [1.82, 2.24) is 5.32 Å². The lowest BCUT2D eigenvalue weighted by Gasteiger charge is -2.07.